The Kier molecular flexibility index (Phi) is 7.93. The van der Waals surface area contributed by atoms with E-state index in [0.29, 0.717) is 5.92 Å². The minimum absolute atomic E-state index is 0.0825. The summed E-state index contributed by atoms with van der Waals surface area (Å²) in [5, 5.41) is 3.56. The maximum atomic E-state index is 6.23. The van der Waals surface area contributed by atoms with Gasteiger partial charge in [-0.25, -0.2) is 0 Å². The van der Waals surface area contributed by atoms with Gasteiger partial charge in [0.15, 0.2) is 0 Å². The molecule has 0 fully saturated rings. The number of hydrogen-bond acceptors (Lipinski definition) is 2. The van der Waals surface area contributed by atoms with Crippen LogP contribution in [0.15, 0.2) is 28.7 Å². The van der Waals surface area contributed by atoms with Gasteiger partial charge < -0.3 is 10.1 Å². The molecular formula is C18H30BrNO. The fourth-order valence-electron chi connectivity index (χ4n) is 2.25. The third kappa shape index (κ3) is 7.44. The summed E-state index contributed by atoms with van der Waals surface area (Å²) < 4.78 is 7.35. The average Bonchev–Trinajstić information content (AvgIpc) is 2.39. The Morgan fingerprint density at radius 1 is 1.24 bits per heavy atom. The Morgan fingerprint density at radius 2 is 1.90 bits per heavy atom. The molecule has 0 saturated carbocycles. The van der Waals surface area contributed by atoms with Gasteiger partial charge in [0.05, 0.1) is 12.7 Å². The van der Waals surface area contributed by atoms with Gasteiger partial charge in [0.2, 0.25) is 0 Å². The lowest BCUT2D eigenvalue weighted by molar-refractivity contribution is 0.0261. The van der Waals surface area contributed by atoms with Crippen LogP contribution < -0.4 is 5.32 Å². The van der Waals surface area contributed by atoms with Crippen LogP contribution >= 0.6 is 15.9 Å². The van der Waals surface area contributed by atoms with Gasteiger partial charge in [-0.05, 0) is 44.7 Å². The first kappa shape index (κ1) is 18.7. The molecule has 120 valence electrons. The first-order valence-corrected chi connectivity index (χ1v) is 8.74. The smallest absolute Gasteiger partial charge is 0.0960 e. The lowest BCUT2D eigenvalue weighted by Gasteiger charge is -2.27. The number of halogens is 1. The SMILES string of the molecule is CCCC(C)COC(CNC(C)(C)C)c1ccccc1Br. The molecular weight excluding hydrogens is 326 g/mol. The molecule has 1 aromatic rings. The Hall–Kier alpha value is -0.380. The van der Waals surface area contributed by atoms with E-state index >= 15 is 0 Å². The van der Waals surface area contributed by atoms with Crippen LogP contribution in [-0.2, 0) is 4.74 Å². The molecule has 0 saturated heterocycles. The van der Waals surface area contributed by atoms with Crippen molar-refractivity contribution in [1.82, 2.24) is 5.32 Å². The van der Waals surface area contributed by atoms with Crippen LogP contribution in [0.5, 0.6) is 0 Å². The van der Waals surface area contributed by atoms with E-state index in [4.69, 9.17) is 4.74 Å². The van der Waals surface area contributed by atoms with Crippen molar-refractivity contribution >= 4 is 15.9 Å². The summed E-state index contributed by atoms with van der Waals surface area (Å²) in [6, 6.07) is 8.34. The highest BCUT2D eigenvalue weighted by atomic mass is 79.9. The van der Waals surface area contributed by atoms with E-state index in [1.807, 2.05) is 6.07 Å². The monoisotopic (exact) mass is 355 g/mol. The molecule has 0 bridgehead atoms. The van der Waals surface area contributed by atoms with Gasteiger partial charge in [0, 0.05) is 16.6 Å². The molecule has 2 atom stereocenters. The average molecular weight is 356 g/mol. The second kappa shape index (κ2) is 8.92. The summed E-state index contributed by atoms with van der Waals surface area (Å²) in [5.41, 5.74) is 1.32. The quantitative estimate of drug-likeness (QED) is 0.680. The Morgan fingerprint density at radius 3 is 2.48 bits per heavy atom. The summed E-state index contributed by atoms with van der Waals surface area (Å²) in [4.78, 5) is 0. The van der Waals surface area contributed by atoms with Gasteiger partial charge in [-0.3, -0.25) is 0 Å². The van der Waals surface area contributed by atoms with Crippen molar-refractivity contribution in [2.24, 2.45) is 5.92 Å². The first-order valence-electron chi connectivity index (χ1n) is 7.94. The largest absolute Gasteiger partial charge is 0.372 e. The molecule has 2 nitrogen and oxygen atoms in total. The second-order valence-corrected chi connectivity index (χ2v) is 7.72. The van der Waals surface area contributed by atoms with Crippen LogP contribution in [0.4, 0.5) is 0 Å². The molecule has 2 unspecified atom stereocenters. The minimum atomic E-state index is 0.0825. The maximum absolute atomic E-state index is 6.23. The normalized spacial score (nSPS) is 15.0. The minimum Gasteiger partial charge on any atom is -0.372 e. The van der Waals surface area contributed by atoms with Crippen molar-refractivity contribution in [2.75, 3.05) is 13.2 Å². The molecule has 0 spiro atoms. The van der Waals surface area contributed by atoms with Crippen molar-refractivity contribution in [3.05, 3.63) is 34.3 Å². The van der Waals surface area contributed by atoms with Crippen LogP contribution in [-0.4, -0.2) is 18.7 Å². The van der Waals surface area contributed by atoms with Gasteiger partial charge in [0.1, 0.15) is 0 Å². The zero-order chi connectivity index (χ0) is 15.9. The molecule has 0 amide bonds. The fourth-order valence-corrected chi connectivity index (χ4v) is 2.79. The highest BCUT2D eigenvalue weighted by molar-refractivity contribution is 9.10. The molecule has 0 radical (unpaired) electrons. The van der Waals surface area contributed by atoms with Crippen LogP contribution in [0.25, 0.3) is 0 Å². The summed E-state index contributed by atoms with van der Waals surface area (Å²) in [5.74, 6) is 0.606. The van der Waals surface area contributed by atoms with Gasteiger partial charge in [0.25, 0.3) is 0 Å². The number of hydrogen-bond donors (Lipinski definition) is 1. The first-order chi connectivity index (χ1) is 9.83. The van der Waals surface area contributed by atoms with Crippen LogP contribution in [0.2, 0.25) is 0 Å². The Bertz CT molecular complexity index is 414. The molecule has 0 aliphatic carbocycles. The van der Waals surface area contributed by atoms with E-state index in [2.05, 4.69) is 74.1 Å². The second-order valence-electron chi connectivity index (χ2n) is 6.87. The fraction of sp³-hybridized carbons (Fsp3) is 0.667. The lowest BCUT2D eigenvalue weighted by Crippen LogP contribution is -2.39. The molecule has 1 N–H and O–H groups in total. The third-order valence-corrected chi connectivity index (χ3v) is 4.16. The zero-order valence-corrected chi connectivity index (χ0v) is 15.7. The van der Waals surface area contributed by atoms with Gasteiger partial charge in [-0.2, -0.15) is 0 Å². The predicted octanol–water partition coefficient (Wildman–Crippen LogP) is 5.33. The van der Waals surface area contributed by atoms with E-state index in [1.165, 1.54) is 18.4 Å². The predicted molar refractivity (Wildman–Crippen MR) is 94.7 cm³/mol. The molecule has 0 aliphatic heterocycles. The van der Waals surface area contributed by atoms with Gasteiger partial charge in [-0.1, -0.05) is 54.4 Å². The standard InChI is InChI=1S/C18H30BrNO/c1-6-9-14(2)13-21-17(12-20-18(3,4)5)15-10-7-8-11-16(15)19/h7-8,10-11,14,17,20H,6,9,12-13H2,1-5H3. The van der Waals surface area contributed by atoms with E-state index in [-0.39, 0.29) is 11.6 Å². The Balaban J connectivity index is 2.73. The van der Waals surface area contributed by atoms with Crippen molar-refractivity contribution < 1.29 is 4.74 Å². The zero-order valence-electron chi connectivity index (χ0n) is 14.1. The maximum Gasteiger partial charge on any atom is 0.0960 e. The third-order valence-electron chi connectivity index (χ3n) is 3.43. The van der Waals surface area contributed by atoms with E-state index < -0.39 is 0 Å². The summed E-state index contributed by atoms with van der Waals surface area (Å²) in [7, 11) is 0. The summed E-state index contributed by atoms with van der Waals surface area (Å²) in [6.45, 7) is 12.7. The molecule has 3 heteroatoms. The molecule has 0 aromatic heterocycles. The van der Waals surface area contributed by atoms with Crippen LogP contribution in [0, 0.1) is 5.92 Å². The van der Waals surface area contributed by atoms with E-state index in [1.54, 1.807) is 0 Å². The number of rotatable bonds is 8. The van der Waals surface area contributed by atoms with Crippen LogP contribution in [0.3, 0.4) is 0 Å². The van der Waals surface area contributed by atoms with E-state index in [0.717, 1.165) is 17.6 Å². The highest BCUT2D eigenvalue weighted by Gasteiger charge is 2.19. The van der Waals surface area contributed by atoms with Gasteiger partial charge in [-0.15, -0.1) is 0 Å². The summed E-state index contributed by atoms with van der Waals surface area (Å²) in [6.07, 6.45) is 2.51. The van der Waals surface area contributed by atoms with E-state index in [9.17, 15) is 0 Å². The Labute approximate surface area is 138 Å². The van der Waals surface area contributed by atoms with Crippen molar-refractivity contribution in [2.45, 2.75) is 59.1 Å². The molecule has 0 aliphatic rings. The number of ether oxygens (including phenoxy) is 1. The molecule has 0 heterocycles. The summed E-state index contributed by atoms with van der Waals surface area (Å²) >= 11 is 3.65. The van der Waals surface area contributed by atoms with Crippen molar-refractivity contribution in [1.29, 1.82) is 0 Å². The lowest BCUT2D eigenvalue weighted by atomic mass is 10.0. The highest BCUT2D eigenvalue weighted by Crippen LogP contribution is 2.26. The molecule has 1 aromatic carbocycles. The van der Waals surface area contributed by atoms with Crippen LogP contribution in [0.1, 0.15) is 59.1 Å². The van der Waals surface area contributed by atoms with Crippen molar-refractivity contribution in [3.8, 4) is 0 Å². The molecule has 21 heavy (non-hydrogen) atoms. The van der Waals surface area contributed by atoms with Crippen molar-refractivity contribution in [3.63, 3.8) is 0 Å². The number of nitrogens with one attached hydrogen (secondary N) is 1. The van der Waals surface area contributed by atoms with Gasteiger partial charge >= 0.3 is 0 Å². The topological polar surface area (TPSA) is 21.3 Å². The number of benzene rings is 1. The molecule has 1 rings (SSSR count).